The van der Waals surface area contributed by atoms with E-state index < -0.39 is 6.85 Å². The highest BCUT2D eigenvalue weighted by Crippen LogP contribution is 2.17. The molecule has 0 aliphatic rings. The van der Waals surface area contributed by atoms with Crippen molar-refractivity contribution in [2.24, 2.45) is 0 Å². The molecule has 0 aliphatic heterocycles. The Bertz CT molecular complexity index is 520. The highest BCUT2D eigenvalue weighted by molar-refractivity contribution is 5.58. The van der Waals surface area contributed by atoms with E-state index in [0.29, 0.717) is 11.3 Å². The minimum atomic E-state index is -2.16. The zero-order valence-electron chi connectivity index (χ0n) is 10.4. The van der Waals surface area contributed by atoms with Gasteiger partial charge in [-0.2, -0.15) is 0 Å². The van der Waals surface area contributed by atoms with E-state index in [-0.39, 0.29) is 11.4 Å². The largest absolute Gasteiger partial charge is 0.256 e. The fraction of sp³-hybridized carbons (Fsp3) is 0.0833. The number of benzene rings is 1. The van der Waals surface area contributed by atoms with Crippen LogP contribution in [0.1, 0.15) is 9.68 Å². The molecule has 2 rings (SSSR count). The van der Waals surface area contributed by atoms with E-state index in [4.69, 9.17) is 4.11 Å². The van der Waals surface area contributed by atoms with Crippen LogP contribution in [0.25, 0.3) is 11.3 Å². The molecular weight excluding hydrogens is 177 g/mol. The number of pyridine rings is 1. The van der Waals surface area contributed by atoms with Gasteiger partial charge in [0.25, 0.3) is 0 Å². The molecule has 0 N–H and O–H groups in total. The van der Waals surface area contributed by atoms with Gasteiger partial charge in [-0.15, -0.1) is 0 Å². The monoisotopic (exact) mass is 190 g/mol. The smallest absolute Gasteiger partial charge is 0.123 e. The molecule has 0 amide bonds. The third-order valence-electron chi connectivity index (χ3n) is 1.88. The molecule has 0 unspecified atom stereocenters. The summed E-state index contributed by atoms with van der Waals surface area (Å²) in [6.07, 6.45) is 1.30. The lowest BCUT2D eigenvalue weighted by atomic mass is 10.1. The summed E-state index contributed by atoms with van der Waals surface area (Å²) in [7, 11) is 0. The average Bonchev–Trinajstić information content (AvgIpc) is 2.28. The van der Waals surface area contributed by atoms with Crippen LogP contribution in [-0.4, -0.2) is 4.98 Å². The standard InChI is InChI=1S/C12H10FN/c1-9-5-6-12(14-8-9)10-3-2-4-11(13)7-10/h2-8H,1H3/i1D3. The predicted molar refractivity (Wildman–Crippen MR) is 54.4 cm³/mol. The first kappa shape index (κ1) is 5.91. The maximum atomic E-state index is 13.0. The van der Waals surface area contributed by atoms with Gasteiger partial charge in [-0.25, -0.2) is 4.39 Å². The molecule has 2 heteroatoms. The van der Waals surface area contributed by atoms with Crippen molar-refractivity contribution in [3.05, 3.63) is 54.0 Å². The summed E-state index contributed by atoms with van der Waals surface area (Å²) >= 11 is 0. The first-order valence-corrected chi connectivity index (χ1v) is 4.19. The Kier molecular flexibility index (Phi) is 1.51. The van der Waals surface area contributed by atoms with Gasteiger partial charge in [-0.1, -0.05) is 18.2 Å². The molecule has 1 aromatic carbocycles. The van der Waals surface area contributed by atoms with Crippen LogP contribution in [0.2, 0.25) is 0 Å². The van der Waals surface area contributed by atoms with E-state index >= 15 is 0 Å². The van der Waals surface area contributed by atoms with Gasteiger partial charge < -0.3 is 0 Å². The molecule has 0 spiro atoms. The van der Waals surface area contributed by atoms with Gasteiger partial charge in [0.15, 0.2) is 0 Å². The fourth-order valence-corrected chi connectivity index (χ4v) is 1.21. The summed E-state index contributed by atoms with van der Waals surface area (Å²) in [5.41, 5.74) is 1.36. The van der Waals surface area contributed by atoms with Crippen LogP contribution in [0, 0.1) is 12.7 Å². The summed E-state index contributed by atoms with van der Waals surface area (Å²) < 4.78 is 34.6. The second kappa shape index (κ2) is 3.58. The van der Waals surface area contributed by atoms with E-state index in [1.165, 1.54) is 24.4 Å². The van der Waals surface area contributed by atoms with Crippen LogP contribution >= 0.6 is 0 Å². The normalized spacial score (nSPS) is 14.2. The molecule has 14 heavy (non-hydrogen) atoms. The zero-order valence-corrected chi connectivity index (χ0v) is 7.37. The number of hydrogen-bond donors (Lipinski definition) is 0. The van der Waals surface area contributed by atoms with Gasteiger partial charge in [0.05, 0.1) is 5.69 Å². The van der Waals surface area contributed by atoms with Gasteiger partial charge in [-0.05, 0) is 30.6 Å². The molecule has 0 fully saturated rings. The van der Waals surface area contributed by atoms with Gasteiger partial charge in [0.1, 0.15) is 5.82 Å². The van der Waals surface area contributed by atoms with Gasteiger partial charge in [-0.3, -0.25) is 4.98 Å². The number of aromatic nitrogens is 1. The summed E-state index contributed by atoms with van der Waals surface area (Å²) in [6, 6.07) is 9.08. The lowest BCUT2D eigenvalue weighted by Crippen LogP contribution is -1.84. The highest BCUT2D eigenvalue weighted by atomic mass is 19.1. The number of halogens is 1. The van der Waals surface area contributed by atoms with Gasteiger partial charge >= 0.3 is 0 Å². The molecule has 0 aliphatic carbocycles. The summed E-state index contributed by atoms with van der Waals surface area (Å²) in [5, 5.41) is 0. The number of hydrogen-bond acceptors (Lipinski definition) is 1. The molecular formula is C12H10FN. The molecule has 1 aromatic heterocycles. The molecule has 0 saturated heterocycles. The van der Waals surface area contributed by atoms with Crippen molar-refractivity contribution in [3.63, 3.8) is 0 Å². The highest BCUT2D eigenvalue weighted by Gasteiger charge is 1.99. The Labute approximate surface area is 86.5 Å². The topological polar surface area (TPSA) is 12.9 Å². The van der Waals surface area contributed by atoms with Crippen molar-refractivity contribution in [2.75, 3.05) is 0 Å². The van der Waals surface area contributed by atoms with E-state index in [9.17, 15) is 4.39 Å². The van der Waals surface area contributed by atoms with E-state index in [1.54, 1.807) is 18.2 Å². The average molecular weight is 190 g/mol. The fourth-order valence-electron chi connectivity index (χ4n) is 1.21. The predicted octanol–water partition coefficient (Wildman–Crippen LogP) is 3.20. The molecule has 1 nitrogen and oxygen atoms in total. The quantitative estimate of drug-likeness (QED) is 0.673. The van der Waals surface area contributed by atoms with Crippen molar-refractivity contribution < 1.29 is 8.50 Å². The summed E-state index contributed by atoms with van der Waals surface area (Å²) in [5.74, 6) is -0.343. The van der Waals surface area contributed by atoms with Gasteiger partial charge in [0, 0.05) is 15.9 Å². The van der Waals surface area contributed by atoms with E-state index in [0.717, 1.165) is 0 Å². The van der Waals surface area contributed by atoms with Crippen LogP contribution in [0.3, 0.4) is 0 Å². The lowest BCUT2D eigenvalue weighted by molar-refractivity contribution is 0.628. The van der Waals surface area contributed by atoms with Crippen molar-refractivity contribution >= 4 is 0 Å². The third-order valence-corrected chi connectivity index (χ3v) is 1.88. The number of nitrogens with zero attached hydrogens (tertiary/aromatic N) is 1. The van der Waals surface area contributed by atoms with Crippen molar-refractivity contribution in [3.8, 4) is 11.3 Å². The SMILES string of the molecule is [2H]C([2H])([2H])c1ccc(-c2cccc(F)c2)nc1. The minimum Gasteiger partial charge on any atom is -0.256 e. The van der Waals surface area contributed by atoms with Crippen LogP contribution in [0.4, 0.5) is 4.39 Å². The molecule has 0 bridgehead atoms. The van der Waals surface area contributed by atoms with Crippen LogP contribution in [0.5, 0.6) is 0 Å². The Morgan fingerprint density at radius 2 is 2.21 bits per heavy atom. The Morgan fingerprint density at radius 1 is 1.29 bits per heavy atom. The van der Waals surface area contributed by atoms with Gasteiger partial charge in [0.2, 0.25) is 0 Å². The maximum absolute atomic E-state index is 13.0. The van der Waals surface area contributed by atoms with E-state index in [2.05, 4.69) is 4.98 Å². The summed E-state index contributed by atoms with van der Waals surface area (Å²) in [6.45, 7) is -2.16. The Morgan fingerprint density at radius 3 is 2.86 bits per heavy atom. The lowest BCUT2D eigenvalue weighted by Gasteiger charge is -2.00. The third kappa shape index (κ3) is 1.79. The second-order valence-electron chi connectivity index (χ2n) is 2.94. The Balaban J connectivity index is 2.36. The Hall–Kier alpha value is -1.70. The van der Waals surface area contributed by atoms with Crippen LogP contribution < -0.4 is 0 Å². The first-order valence-electron chi connectivity index (χ1n) is 5.69. The maximum Gasteiger partial charge on any atom is 0.123 e. The van der Waals surface area contributed by atoms with Crippen LogP contribution in [-0.2, 0) is 0 Å². The molecule has 0 radical (unpaired) electrons. The van der Waals surface area contributed by atoms with Crippen molar-refractivity contribution in [1.29, 1.82) is 0 Å². The number of rotatable bonds is 1. The van der Waals surface area contributed by atoms with Crippen molar-refractivity contribution in [2.45, 2.75) is 6.85 Å². The molecule has 0 saturated carbocycles. The number of aryl methyl sites for hydroxylation is 1. The molecule has 1 heterocycles. The molecule has 2 aromatic rings. The minimum absolute atomic E-state index is 0.178. The second-order valence-corrected chi connectivity index (χ2v) is 2.94. The first-order chi connectivity index (χ1) is 7.97. The van der Waals surface area contributed by atoms with E-state index in [1.807, 2.05) is 0 Å². The molecule has 70 valence electrons. The van der Waals surface area contributed by atoms with Crippen LogP contribution in [0.15, 0.2) is 42.6 Å². The molecule has 0 atom stereocenters. The summed E-state index contributed by atoms with van der Waals surface area (Å²) in [4.78, 5) is 4.03. The zero-order chi connectivity index (χ0) is 12.5. The van der Waals surface area contributed by atoms with Crippen molar-refractivity contribution in [1.82, 2.24) is 4.98 Å².